The first-order valence-electron chi connectivity index (χ1n) is 6.26. The molecule has 0 amide bonds. The van der Waals surface area contributed by atoms with E-state index in [-0.39, 0.29) is 22.3 Å². The van der Waals surface area contributed by atoms with Crippen molar-refractivity contribution in [2.45, 2.75) is 51.0 Å². The SMILES string of the molecule is COC(=O)[C@]12C[C@H]3C[C@@](C)(C[C@@](N)(C3)C1)C2. The van der Waals surface area contributed by atoms with Gasteiger partial charge >= 0.3 is 5.97 Å². The number of carbonyl (C=O) groups excluding carboxylic acids is 1. The van der Waals surface area contributed by atoms with Crippen LogP contribution in [0.1, 0.15) is 45.4 Å². The van der Waals surface area contributed by atoms with Gasteiger partial charge in [0.1, 0.15) is 0 Å². The van der Waals surface area contributed by atoms with Gasteiger partial charge in [0.25, 0.3) is 0 Å². The van der Waals surface area contributed by atoms with Crippen molar-refractivity contribution in [2.24, 2.45) is 22.5 Å². The summed E-state index contributed by atoms with van der Waals surface area (Å²) in [7, 11) is 1.51. The van der Waals surface area contributed by atoms with E-state index in [1.165, 1.54) is 13.5 Å². The lowest BCUT2D eigenvalue weighted by atomic mass is 9.42. The van der Waals surface area contributed by atoms with Crippen LogP contribution in [-0.4, -0.2) is 18.6 Å². The van der Waals surface area contributed by atoms with Crippen LogP contribution in [0.25, 0.3) is 0 Å². The topological polar surface area (TPSA) is 52.3 Å². The molecule has 4 aliphatic carbocycles. The van der Waals surface area contributed by atoms with Gasteiger partial charge in [0.2, 0.25) is 0 Å². The summed E-state index contributed by atoms with van der Waals surface area (Å²) in [6, 6.07) is 0. The number of esters is 1. The van der Waals surface area contributed by atoms with E-state index in [1.807, 2.05) is 0 Å². The molecule has 0 saturated heterocycles. The van der Waals surface area contributed by atoms with Gasteiger partial charge < -0.3 is 10.5 Å². The fourth-order valence-electron chi connectivity index (χ4n) is 5.45. The summed E-state index contributed by atoms with van der Waals surface area (Å²) in [5.74, 6) is 0.628. The molecule has 4 aliphatic rings. The third kappa shape index (κ3) is 1.27. The molecule has 16 heavy (non-hydrogen) atoms. The van der Waals surface area contributed by atoms with Crippen LogP contribution in [-0.2, 0) is 9.53 Å². The third-order valence-electron chi connectivity index (χ3n) is 5.01. The molecule has 3 nitrogen and oxygen atoms in total. The highest BCUT2D eigenvalue weighted by Gasteiger charge is 2.63. The summed E-state index contributed by atoms with van der Waals surface area (Å²) >= 11 is 0. The molecule has 0 aromatic carbocycles. The van der Waals surface area contributed by atoms with Crippen LogP contribution in [0.15, 0.2) is 0 Å². The highest BCUT2D eigenvalue weighted by Crippen LogP contribution is 2.65. The normalized spacial score (nSPS) is 54.1. The first kappa shape index (κ1) is 10.6. The lowest BCUT2D eigenvalue weighted by Gasteiger charge is -2.63. The van der Waals surface area contributed by atoms with E-state index in [0.29, 0.717) is 5.92 Å². The second-order valence-corrected chi connectivity index (χ2v) is 6.95. The summed E-state index contributed by atoms with van der Waals surface area (Å²) in [4.78, 5) is 12.1. The minimum atomic E-state index is -0.252. The van der Waals surface area contributed by atoms with E-state index < -0.39 is 0 Å². The quantitative estimate of drug-likeness (QED) is 0.690. The maximum atomic E-state index is 12.1. The molecule has 0 heterocycles. The minimum Gasteiger partial charge on any atom is -0.469 e. The Morgan fingerprint density at radius 3 is 2.56 bits per heavy atom. The monoisotopic (exact) mass is 223 g/mol. The molecule has 4 saturated carbocycles. The van der Waals surface area contributed by atoms with Gasteiger partial charge in [-0.05, 0) is 49.9 Å². The van der Waals surface area contributed by atoms with E-state index in [9.17, 15) is 4.79 Å². The van der Waals surface area contributed by atoms with Crippen molar-refractivity contribution >= 4 is 5.97 Å². The number of hydrogen-bond acceptors (Lipinski definition) is 3. The van der Waals surface area contributed by atoms with Crippen molar-refractivity contribution in [1.82, 2.24) is 0 Å². The van der Waals surface area contributed by atoms with Gasteiger partial charge in [0.05, 0.1) is 12.5 Å². The van der Waals surface area contributed by atoms with Gasteiger partial charge in [-0.1, -0.05) is 6.92 Å². The van der Waals surface area contributed by atoms with Gasteiger partial charge in [0, 0.05) is 5.54 Å². The molecule has 0 aromatic rings. The Labute approximate surface area is 96.7 Å². The zero-order valence-corrected chi connectivity index (χ0v) is 10.2. The smallest absolute Gasteiger partial charge is 0.311 e. The number of carbonyl (C=O) groups is 1. The van der Waals surface area contributed by atoms with Crippen molar-refractivity contribution in [2.75, 3.05) is 7.11 Å². The van der Waals surface area contributed by atoms with Crippen molar-refractivity contribution in [1.29, 1.82) is 0 Å². The van der Waals surface area contributed by atoms with Gasteiger partial charge in [-0.2, -0.15) is 0 Å². The Morgan fingerprint density at radius 1 is 1.25 bits per heavy atom. The molecule has 4 atom stereocenters. The maximum absolute atomic E-state index is 12.1. The molecule has 4 rings (SSSR count). The number of hydrogen-bond donors (Lipinski definition) is 1. The van der Waals surface area contributed by atoms with Crippen LogP contribution in [0.4, 0.5) is 0 Å². The van der Waals surface area contributed by atoms with Gasteiger partial charge in [0.15, 0.2) is 0 Å². The minimum absolute atomic E-state index is 0.0161. The Hall–Kier alpha value is -0.570. The zero-order valence-electron chi connectivity index (χ0n) is 10.2. The predicted molar refractivity (Wildman–Crippen MR) is 60.7 cm³/mol. The Kier molecular flexibility index (Phi) is 1.86. The molecule has 4 fully saturated rings. The van der Waals surface area contributed by atoms with Crippen molar-refractivity contribution in [3.63, 3.8) is 0 Å². The Bertz CT molecular complexity index is 334. The molecule has 3 heteroatoms. The third-order valence-corrected chi connectivity index (χ3v) is 5.01. The average Bonchev–Trinajstić information content (AvgIpc) is 2.10. The summed E-state index contributed by atoms with van der Waals surface area (Å²) in [6.07, 6.45) is 6.30. The number of methoxy groups -OCH3 is 1. The van der Waals surface area contributed by atoms with E-state index in [0.717, 1.165) is 32.1 Å². The Morgan fingerprint density at radius 2 is 2.00 bits per heavy atom. The zero-order chi connectivity index (χ0) is 11.6. The van der Waals surface area contributed by atoms with Gasteiger partial charge in [-0.25, -0.2) is 0 Å². The van der Waals surface area contributed by atoms with E-state index in [1.54, 1.807) is 0 Å². The Balaban J connectivity index is 2.01. The van der Waals surface area contributed by atoms with E-state index in [2.05, 4.69) is 6.92 Å². The molecule has 90 valence electrons. The maximum Gasteiger partial charge on any atom is 0.311 e. The van der Waals surface area contributed by atoms with Crippen molar-refractivity contribution in [3.05, 3.63) is 0 Å². The summed E-state index contributed by atoms with van der Waals surface area (Å²) in [5, 5.41) is 0. The number of ether oxygens (including phenoxy) is 1. The molecule has 0 aromatic heterocycles. The molecule has 2 N–H and O–H groups in total. The summed E-state index contributed by atoms with van der Waals surface area (Å²) in [6.45, 7) is 2.30. The van der Waals surface area contributed by atoms with Crippen LogP contribution in [0.2, 0.25) is 0 Å². The summed E-state index contributed by atoms with van der Waals surface area (Å²) in [5.41, 5.74) is 6.41. The average molecular weight is 223 g/mol. The first-order valence-corrected chi connectivity index (χ1v) is 6.26. The fourth-order valence-corrected chi connectivity index (χ4v) is 5.45. The van der Waals surface area contributed by atoms with E-state index in [4.69, 9.17) is 10.5 Å². The van der Waals surface area contributed by atoms with E-state index >= 15 is 0 Å². The fraction of sp³-hybridized carbons (Fsp3) is 0.923. The van der Waals surface area contributed by atoms with Crippen LogP contribution in [0.5, 0.6) is 0 Å². The van der Waals surface area contributed by atoms with Crippen LogP contribution in [0, 0.1) is 16.7 Å². The van der Waals surface area contributed by atoms with Crippen molar-refractivity contribution in [3.8, 4) is 0 Å². The number of rotatable bonds is 1. The first-order chi connectivity index (χ1) is 7.39. The van der Waals surface area contributed by atoms with Gasteiger partial charge in [-0.3, -0.25) is 4.79 Å². The van der Waals surface area contributed by atoms with Crippen LogP contribution >= 0.6 is 0 Å². The second-order valence-electron chi connectivity index (χ2n) is 6.95. The molecule has 0 aliphatic heterocycles. The molecule has 4 bridgehead atoms. The predicted octanol–water partition coefficient (Wildman–Crippen LogP) is 1.85. The highest BCUT2D eigenvalue weighted by atomic mass is 16.5. The highest BCUT2D eigenvalue weighted by molar-refractivity contribution is 5.77. The lowest BCUT2D eigenvalue weighted by Crippen LogP contribution is -2.65. The van der Waals surface area contributed by atoms with Gasteiger partial charge in [-0.15, -0.1) is 0 Å². The van der Waals surface area contributed by atoms with Crippen LogP contribution in [0.3, 0.4) is 0 Å². The summed E-state index contributed by atoms with van der Waals surface area (Å²) < 4.78 is 5.03. The van der Waals surface area contributed by atoms with Crippen molar-refractivity contribution < 1.29 is 9.53 Å². The molecule has 0 spiro atoms. The molecule has 0 unspecified atom stereocenters. The largest absolute Gasteiger partial charge is 0.469 e. The molecular weight excluding hydrogens is 202 g/mol. The van der Waals surface area contributed by atoms with Crippen LogP contribution < -0.4 is 5.73 Å². The lowest BCUT2D eigenvalue weighted by molar-refractivity contribution is -0.179. The molecule has 0 radical (unpaired) electrons. The number of nitrogens with two attached hydrogens (primary N) is 1. The molecular formula is C13H21NO2. The standard InChI is InChI=1S/C13H21NO2/c1-11-3-9-4-12(6-11,10(15)16-2)8-13(14,5-9)7-11/h9H,3-8,14H2,1-2H3/t9-,11-,12+,13+/m1/s1. The second kappa shape index (κ2) is 2.81.